The molecule has 136 valence electrons. The van der Waals surface area contributed by atoms with E-state index in [2.05, 4.69) is 4.98 Å². The SMILES string of the molecule is Cl.Cl.NCC1CCCCN1C(=O)c1cncc(-c2ccc(Cl)cc2)c1. The number of pyridine rings is 1. The molecule has 0 radical (unpaired) electrons. The zero-order valence-corrected chi connectivity index (χ0v) is 16.1. The maximum atomic E-state index is 12.8. The lowest BCUT2D eigenvalue weighted by Crippen LogP contribution is -2.47. The van der Waals surface area contributed by atoms with Crippen molar-refractivity contribution in [3.63, 3.8) is 0 Å². The molecule has 0 aliphatic carbocycles. The number of piperidine rings is 1. The molecule has 0 saturated carbocycles. The van der Waals surface area contributed by atoms with Crippen molar-refractivity contribution in [3.8, 4) is 11.1 Å². The van der Waals surface area contributed by atoms with Crippen molar-refractivity contribution in [1.82, 2.24) is 9.88 Å². The van der Waals surface area contributed by atoms with Crippen molar-refractivity contribution >= 4 is 42.3 Å². The number of nitrogens with zero attached hydrogens (tertiary/aromatic N) is 2. The fraction of sp³-hybridized carbons (Fsp3) is 0.333. The second-order valence-electron chi connectivity index (χ2n) is 5.85. The molecule has 1 atom stereocenters. The number of amides is 1. The highest BCUT2D eigenvalue weighted by Crippen LogP contribution is 2.24. The van der Waals surface area contributed by atoms with Crippen LogP contribution in [0.5, 0.6) is 0 Å². The van der Waals surface area contributed by atoms with Crippen LogP contribution in [-0.4, -0.2) is 34.9 Å². The summed E-state index contributed by atoms with van der Waals surface area (Å²) in [6.45, 7) is 1.28. The Labute approximate surface area is 165 Å². The third kappa shape index (κ3) is 5.08. The van der Waals surface area contributed by atoms with Crippen molar-refractivity contribution in [2.45, 2.75) is 25.3 Å². The number of likely N-dealkylation sites (tertiary alicyclic amines) is 1. The number of aromatic nitrogens is 1. The average Bonchev–Trinajstić information content (AvgIpc) is 2.62. The van der Waals surface area contributed by atoms with E-state index in [1.54, 1.807) is 12.4 Å². The van der Waals surface area contributed by atoms with Gasteiger partial charge in [0, 0.05) is 42.1 Å². The summed E-state index contributed by atoms with van der Waals surface area (Å²) in [5, 5.41) is 0.688. The largest absolute Gasteiger partial charge is 0.334 e. The molecule has 1 saturated heterocycles. The lowest BCUT2D eigenvalue weighted by Gasteiger charge is -2.35. The van der Waals surface area contributed by atoms with E-state index in [4.69, 9.17) is 17.3 Å². The van der Waals surface area contributed by atoms with Gasteiger partial charge in [-0.05, 0) is 43.0 Å². The van der Waals surface area contributed by atoms with Gasteiger partial charge in [0.05, 0.1) is 5.56 Å². The lowest BCUT2D eigenvalue weighted by molar-refractivity contribution is 0.0623. The Hall–Kier alpha value is -1.33. The fourth-order valence-electron chi connectivity index (χ4n) is 3.04. The van der Waals surface area contributed by atoms with E-state index in [0.717, 1.165) is 36.9 Å². The van der Waals surface area contributed by atoms with Gasteiger partial charge >= 0.3 is 0 Å². The quantitative estimate of drug-likeness (QED) is 0.837. The monoisotopic (exact) mass is 401 g/mol. The zero-order chi connectivity index (χ0) is 16.2. The van der Waals surface area contributed by atoms with Gasteiger partial charge in [0.2, 0.25) is 0 Å². The first-order chi connectivity index (χ1) is 11.2. The van der Waals surface area contributed by atoms with Crippen molar-refractivity contribution < 1.29 is 4.79 Å². The van der Waals surface area contributed by atoms with Crippen molar-refractivity contribution in [1.29, 1.82) is 0 Å². The Morgan fingerprint density at radius 2 is 1.88 bits per heavy atom. The molecule has 7 heteroatoms. The zero-order valence-electron chi connectivity index (χ0n) is 13.7. The van der Waals surface area contributed by atoms with Gasteiger partial charge in [0.25, 0.3) is 5.91 Å². The minimum Gasteiger partial charge on any atom is -0.334 e. The third-order valence-corrected chi connectivity index (χ3v) is 4.57. The van der Waals surface area contributed by atoms with E-state index in [-0.39, 0.29) is 36.8 Å². The average molecular weight is 403 g/mol. The Morgan fingerprint density at radius 1 is 1.16 bits per heavy atom. The van der Waals surface area contributed by atoms with Crippen LogP contribution in [0.25, 0.3) is 11.1 Å². The molecule has 4 nitrogen and oxygen atoms in total. The van der Waals surface area contributed by atoms with Gasteiger partial charge < -0.3 is 10.6 Å². The summed E-state index contributed by atoms with van der Waals surface area (Å²) in [5.74, 6) is 0.0171. The maximum Gasteiger partial charge on any atom is 0.255 e. The molecule has 1 aromatic carbocycles. The highest BCUT2D eigenvalue weighted by Gasteiger charge is 2.26. The van der Waals surface area contributed by atoms with Gasteiger partial charge in [-0.25, -0.2) is 0 Å². The first kappa shape index (κ1) is 21.7. The maximum absolute atomic E-state index is 12.8. The van der Waals surface area contributed by atoms with Crippen LogP contribution < -0.4 is 5.73 Å². The van der Waals surface area contributed by atoms with Crippen molar-refractivity contribution in [2.24, 2.45) is 5.73 Å². The number of nitrogens with two attached hydrogens (primary N) is 1. The molecule has 2 N–H and O–H groups in total. The Bertz CT molecular complexity index is 694. The van der Waals surface area contributed by atoms with Crippen LogP contribution in [0.2, 0.25) is 5.02 Å². The molecule has 1 aromatic heterocycles. The highest BCUT2D eigenvalue weighted by atomic mass is 35.5. The fourth-order valence-corrected chi connectivity index (χ4v) is 3.16. The molecule has 0 spiro atoms. The van der Waals surface area contributed by atoms with Gasteiger partial charge in [0.1, 0.15) is 0 Å². The minimum atomic E-state index is 0. The van der Waals surface area contributed by atoms with E-state index >= 15 is 0 Å². The molecule has 2 aromatic rings. The normalized spacial score (nSPS) is 16.6. The summed E-state index contributed by atoms with van der Waals surface area (Å²) >= 11 is 5.93. The number of hydrogen-bond acceptors (Lipinski definition) is 3. The van der Waals surface area contributed by atoms with Crippen LogP contribution in [0.15, 0.2) is 42.7 Å². The summed E-state index contributed by atoms with van der Waals surface area (Å²) in [5.41, 5.74) is 8.33. The van der Waals surface area contributed by atoms with E-state index in [0.29, 0.717) is 17.1 Å². The van der Waals surface area contributed by atoms with E-state index in [1.807, 2.05) is 35.2 Å². The summed E-state index contributed by atoms with van der Waals surface area (Å²) in [4.78, 5) is 18.9. The number of carbonyl (C=O) groups excluding carboxylic acids is 1. The van der Waals surface area contributed by atoms with Crippen LogP contribution in [0.4, 0.5) is 0 Å². The van der Waals surface area contributed by atoms with Gasteiger partial charge in [-0.2, -0.15) is 0 Å². The summed E-state index contributed by atoms with van der Waals surface area (Å²) in [6.07, 6.45) is 6.54. The van der Waals surface area contributed by atoms with Crippen LogP contribution >= 0.6 is 36.4 Å². The van der Waals surface area contributed by atoms with E-state index < -0.39 is 0 Å². The highest BCUT2D eigenvalue weighted by molar-refractivity contribution is 6.30. The predicted molar refractivity (Wildman–Crippen MR) is 107 cm³/mol. The number of benzene rings is 1. The Morgan fingerprint density at radius 3 is 2.56 bits per heavy atom. The van der Waals surface area contributed by atoms with Crippen LogP contribution in [-0.2, 0) is 0 Å². The van der Waals surface area contributed by atoms with Gasteiger partial charge in [-0.1, -0.05) is 23.7 Å². The number of rotatable bonds is 3. The summed E-state index contributed by atoms with van der Waals surface area (Å²) in [6, 6.07) is 9.55. The second-order valence-corrected chi connectivity index (χ2v) is 6.29. The Kier molecular flexibility index (Phi) is 8.66. The molecule has 1 unspecified atom stereocenters. The van der Waals surface area contributed by atoms with Gasteiger partial charge in [-0.15, -0.1) is 24.8 Å². The molecule has 0 bridgehead atoms. The standard InChI is InChI=1S/C18H20ClN3O.2ClH/c19-16-6-4-13(5-7-16)14-9-15(12-21-11-14)18(23)22-8-2-1-3-17(22)10-20;;/h4-7,9,11-12,17H,1-3,8,10,20H2;2*1H. The molecular formula is C18H22Cl3N3O. The van der Waals surface area contributed by atoms with E-state index in [1.165, 1.54) is 0 Å². The van der Waals surface area contributed by atoms with Crippen LogP contribution in [0, 0.1) is 0 Å². The molecule has 2 heterocycles. The smallest absolute Gasteiger partial charge is 0.255 e. The van der Waals surface area contributed by atoms with Crippen LogP contribution in [0.3, 0.4) is 0 Å². The Balaban J connectivity index is 0.00000156. The van der Waals surface area contributed by atoms with Gasteiger partial charge in [-0.3, -0.25) is 9.78 Å². The molecule has 25 heavy (non-hydrogen) atoms. The molecule has 1 amide bonds. The van der Waals surface area contributed by atoms with Crippen LogP contribution in [0.1, 0.15) is 29.6 Å². The van der Waals surface area contributed by atoms with Gasteiger partial charge in [0.15, 0.2) is 0 Å². The minimum absolute atomic E-state index is 0. The summed E-state index contributed by atoms with van der Waals surface area (Å²) < 4.78 is 0. The number of halogens is 3. The predicted octanol–water partition coefficient (Wildman–Crippen LogP) is 4.20. The molecular weight excluding hydrogens is 381 g/mol. The molecule has 1 aliphatic heterocycles. The molecule has 1 aliphatic rings. The lowest BCUT2D eigenvalue weighted by atomic mass is 10.0. The number of hydrogen-bond donors (Lipinski definition) is 1. The third-order valence-electron chi connectivity index (χ3n) is 4.32. The van der Waals surface area contributed by atoms with Crippen molar-refractivity contribution in [3.05, 3.63) is 53.3 Å². The van der Waals surface area contributed by atoms with Crippen molar-refractivity contribution in [2.75, 3.05) is 13.1 Å². The molecule has 3 rings (SSSR count). The second kappa shape index (κ2) is 9.97. The first-order valence-corrected chi connectivity index (χ1v) is 8.29. The van der Waals surface area contributed by atoms with E-state index in [9.17, 15) is 4.79 Å². The number of carbonyl (C=O) groups is 1. The first-order valence-electron chi connectivity index (χ1n) is 7.91. The summed E-state index contributed by atoms with van der Waals surface area (Å²) in [7, 11) is 0. The topological polar surface area (TPSA) is 59.2 Å². The molecule has 1 fully saturated rings.